The number of imidazole rings is 1. The van der Waals surface area contributed by atoms with E-state index in [0.717, 1.165) is 10.4 Å². The van der Waals surface area contributed by atoms with Crippen molar-refractivity contribution in [2.45, 2.75) is 12.6 Å². The summed E-state index contributed by atoms with van der Waals surface area (Å²) < 4.78 is 12.8. The van der Waals surface area contributed by atoms with Crippen LogP contribution in [0.5, 0.6) is 5.75 Å². The highest BCUT2D eigenvalue weighted by Crippen LogP contribution is 2.29. The summed E-state index contributed by atoms with van der Waals surface area (Å²) in [4.78, 5) is 22.5. The van der Waals surface area contributed by atoms with E-state index in [1.807, 2.05) is 59.6 Å². The number of hydrogen-bond donors (Lipinski definition) is 2. The zero-order chi connectivity index (χ0) is 20.9. The van der Waals surface area contributed by atoms with E-state index in [0.29, 0.717) is 23.2 Å². The van der Waals surface area contributed by atoms with Crippen LogP contribution >= 0.6 is 11.3 Å². The average Bonchev–Trinajstić information content (AvgIpc) is 3.52. The van der Waals surface area contributed by atoms with Gasteiger partial charge in [-0.2, -0.15) is 0 Å². The quantitative estimate of drug-likeness (QED) is 0.472. The van der Waals surface area contributed by atoms with Gasteiger partial charge in [-0.3, -0.25) is 0 Å². The fourth-order valence-electron chi connectivity index (χ4n) is 3.10. The normalized spacial score (nSPS) is 11.8. The monoisotopic (exact) mass is 423 g/mol. The Morgan fingerprint density at radius 2 is 2.17 bits per heavy atom. The molecule has 1 atom stereocenters. The number of ether oxygens (including phenoxy) is 1. The number of thiophene rings is 1. The molecule has 0 fully saturated rings. The van der Waals surface area contributed by atoms with Crippen molar-refractivity contribution in [3.63, 3.8) is 0 Å². The van der Waals surface area contributed by atoms with Gasteiger partial charge in [-0.1, -0.05) is 24.3 Å². The highest BCUT2D eigenvalue weighted by Gasteiger charge is 2.23. The van der Waals surface area contributed by atoms with Gasteiger partial charge in [0, 0.05) is 25.0 Å². The second kappa shape index (κ2) is 8.83. The highest BCUT2D eigenvalue weighted by atomic mass is 32.1. The van der Waals surface area contributed by atoms with Gasteiger partial charge in [-0.25, -0.2) is 14.8 Å². The number of urea groups is 1. The van der Waals surface area contributed by atoms with E-state index in [1.165, 1.54) is 0 Å². The molecule has 4 rings (SSSR count). The number of nitrogens with one attached hydrogen (secondary N) is 2. The fourth-order valence-corrected chi connectivity index (χ4v) is 3.75. The van der Waals surface area contributed by atoms with Gasteiger partial charge in [0.1, 0.15) is 23.9 Å². The topological polar surface area (TPSA) is 94.2 Å². The van der Waals surface area contributed by atoms with Crippen molar-refractivity contribution in [2.24, 2.45) is 7.05 Å². The minimum absolute atomic E-state index is 0.236. The first-order valence-electron chi connectivity index (χ1n) is 9.28. The molecule has 30 heavy (non-hydrogen) atoms. The molecule has 0 bridgehead atoms. The van der Waals surface area contributed by atoms with Gasteiger partial charge in [0.25, 0.3) is 0 Å². The molecule has 9 heteroatoms. The number of rotatable bonds is 7. The first kappa shape index (κ1) is 19.7. The predicted octanol–water partition coefficient (Wildman–Crippen LogP) is 3.73. The maximum absolute atomic E-state index is 12.7. The van der Waals surface area contributed by atoms with Crippen LogP contribution in [-0.4, -0.2) is 27.7 Å². The molecule has 0 unspecified atom stereocenters. The lowest BCUT2D eigenvalue weighted by molar-refractivity contribution is 0.237. The molecule has 2 N–H and O–H groups in total. The fraction of sp³-hybridized carbons (Fsp3) is 0.190. The number of aryl methyl sites for hydroxylation is 1. The van der Waals surface area contributed by atoms with E-state index >= 15 is 0 Å². The van der Waals surface area contributed by atoms with Crippen LogP contribution in [0.25, 0.3) is 10.8 Å². The van der Waals surface area contributed by atoms with Crippen LogP contribution in [0, 0.1) is 0 Å². The van der Waals surface area contributed by atoms with E-state index in [9.17, 15) is 4.79 Å². The van der Waals surface area contributed by atoms with Gasteiger partial charge in [0.15, 0.2) is 0 Å². The number of benzene rings is 1. The van der Waals surface area contributed by atoms with E-state index in [-0.39, 0.29) is 12.6 Å². The molecule has 0 aliphatic heterocycles. The number of oxazole rings is 1. The summed E-state index contributed by atoms with van der Waals surface area (Å²) >= 11 is 1.55. The molecule has 4 aromatic rings. The highest BCUT2D eigenvalue weighted by molar-refractivity contribution is 7.13. The third kappa shape index (κ3) is 4.20. The molecule has 1 aromatic carbocycles. The number of nitrogens with zero attached hydrogens (tertiary/aromatic N) is 3. The van der Waals surface area contributed by atoms with E-state index in [1.54, 1.807) is 30.9 Å². The Labute approximate surface area is 177 Å². The molecule has 154 valence electrons. The number of amides is 2. The van der Waals surface area contributed by atoms with Crippen molar-refractivity contribution in [3.8, 4) is 16.5 Å². The summed E-state index contributed by atoms with van der Waals surface area (Å²) in [5, 5.41) is 7.77. The van der Waals surface area contributed by atoms with Crippen molar-refractivity contribution in [2.75, 3.05) is 7.11 Å². The van der Waals surface area contributed by atoms with Gasteiger partial charge in [-0.05, 0) is 17.5 Å². The van der Waals surface area contributed by atoms with Crippen LogP contribution in [0.3, 0.4) is 0 Å². The summed E-state index contributed by atoms with van der Waals surface area (Å²) in [5.41, 5.74) is 1.45. The number of methoxy groups -OCH3 is 1. The summed E-state index contributed by atoms with van der Waals surface area (Å²) in [6.07, 6.45) is 5.07. The molecule has 3 heterocycles. The number of carbonyl (C=O) groups is 1. The molecule has 0 spiro atoms. The average molecular weight is 423 g/mol. The number of hydrogen-bond acceptors (Lipinski definition) is 6. The molecule has 0 saturated heterocycles. The molecule has 0 aliphatic carbocycles. The van der Waals surface area contributed by atoms with Crippen LogP contribution in [0.4, 0.5) is 4.79 Å². The summed E-state index contributed by atoms with van der Waals surface area (Å²) in [6.45, 7) is 0.236. The van der Waals surface area contributed by atoms with Crippen molar-refractivity contribution in [3.05, 3.63) is 77.5 Å². The Balaban J connectivity index is 1.48. The lowest BCUT2D eigenvalue weighted by Gasteiger charge is -2.21. The van der Waals surface area contributed by atoms with Crippen LogP contribution in [-0.2, 0) is 13.6 Å². The molecule has 8 nitrogen and oxygen atoms in total. The molecular formula is C21H21N5O3S. The molecule has 0 saturated carbocycles. The van der Waals surface area contributed by atoms with Crippen molar-refractivity contribution < 1.29 is 13.9 Å². The summed E-state index contributed by atoms with van der Waals surface area (Å²) in [5.74, 6) is 1.90. The molecule has 0 aliphatic rings. The molecule has 0 radical (unpaired) electrons. The maximum atomic E-state index is 12.7. The van der Waals surface area contributed by atoms with Gasteiger partial charge in [0.05, 0.1) is 24.2 Å². The van der Waals surface area contributed by atoms with E-state index in [2.05, 4.69) is 20.6 Å². The summed E-state index contributed by atoms with van der Waals surface area (Å²) in [6, 6.07) is 10.6. The van der Waals surface area contributed by atoms with Gasteiger partial charge >= 0.3 is 6.03 Å². The first-order valence-corrected chi connectivity index (χ1v) is 10.2. The standard InChI is InChI=1S/C21H21N5O3S/c1-26-10-9-22-19(26)18(15-6-3-4-7-16(15)28-2)25-21(27)23-12-14-13-29-20(24-14)17-8-5-11-30-17/h3-11,13,18H,12H2,1-2H3,(H2,23,25,27)/t18-/m1/s1. The van der Waals surface area contributed by atoms with Gasteiger partial charge in [0.2, 0.25) is 5.89 Å². The van der Waals surface area contributed by atoms with Crippen LogP contribution < -0.4 is 15.4 Å². The Bertz CT molecular complexity index is 1120. The van der Waals surface area contributed by atoms with Crippen LogP contribution in [0.2, 0.25) is 0 Å². The van der Waals surface area contributed by atoms with Crippen molar-refractivity contribution >= 4 is 17.4 Å². The Hall–Kier alpha value is -3.59. The zero-order valence-electron chi connectivity index (χ0n) is 16.5. The molecule has 3 aromatic heterocycles. The lowest BCUT2D eigenvalue weighted by atomic mass is 10.0. The van der Waals surface area contributed by atoms with Crippen LogP contribution in [0.15, 0.2) is 64.9 Å². The first-order chi connectivity index (χ1) is 14.7. The number of carbonyl (C=O) groups excluding carboxylic acids is 1. The van der Waals surface area contributed by atoms with Gasteiger partial charge < -0.3 is 24.4 Å². The van der Waals surface area contributed by atoms with Crippen molar-refractivity contribution in [1.82, 2.24) is 25.2 Å². The lowest BCUT2D eigenvalue weighted by Crippen LogP contribution is -2.39. The predicted molar refractivity (Wildman–Crippen MR) is 113 cm³/mol. The summed E-state index contributed by atoms with van der Waals surface area (Å²) in [7, 11) is 3.48. The van der Waals surface area contributed by atoms with Crippen molar-refractivity contribution in [1.29, 1.82) is 0 Å². The smallest absolute Gasteiger partial charge is 0.315 e. The van der Waals surface area contributed by atoms with Crippen LogP contribution in [0.1, 0.15) is 23.1 Å². The van der Waals surface area contributed by atoms with E-state index < -0.39 is 6.04 Å². The SMILES string of the molecule is COc1ccccc1[C@@H](NC(=O)NCc1coc(-c2cccs2)n1)c1nccn1C. The number of para-hydroxylation sites is 1. The maximum Gasteiger partial charge on any atom is 0.315 e. The second-order valence-corrected chi connectivity index (χ2v) is 7.47. The molecule has 2 amide bonds. The minimum atomic E-state index is -0.486. The Kier molecular flexibility index (Phi) is 5.80. The largest absolute Gasteiger partial charge is 0.496 e. The zero-order valence-corrected chi connectivity index (χ0v) is 17.3. The Morgan fingerprint density at radius 3 is 2.90 bits per heavy atom. The third-order valence-corrected chi connectivity index (χ3v) is 5.41. The Morgan fingerprint density at radius 1 is 1.30 bits per heavy atom. The minimum Gasteiger partial charge on any atom is -0.496 e. The molecular weight excluding hydrogens is 402 g/mol. The number of aromatic nitrogens is 3. The third-order valence-electron chi connectivity index (χ3n) is 4.56. The second-order valence-electron chi connectivity index (χ2n) is 6.52. The van der Waals surface area contributed by atoms with E-state index in [4.69, 9.17) is 9.15 Å². The van der Waals surface area contributed by atoms with Gasteiger partial charge in [-0.15, -0.1) is 11.3 Å².